The van der Waals surface area contributed by atoms with Crippen LogP contribution >= 0.6 is 0 Å². The number of rotatable bonds is 5. The van der Waals surface area contributed by atoms with Crippen LogP contribution in [0.4, 0.5) is 5.95 Å². The van der Waals surface area contributed by atoms with Crippen molar-refractivity contribution in [3.8, 4) is 5.88 Å². The zero-order valence-electron chi connectivity index (χ0n) is 8.58. The van der Waals surface area contributed by atoms with Crippen LogP contribution in [0.1, 0.15) is 25.3 Å². The van der Waals surface area contributed by atoms with Crippen molar-refractivity contribution in [1.29, 1.82) is 0 Å². The molecule has 1 aromatic heterocycles. The normalized spacial score (nSPS) is 9.93. The van der Waals surface area contributed by atoms with Gasteiger partial charge in [-0.05, 0) is 13.3 Å². The number of nitrogens with one attached hydrogen (secondary N) is 1. The van der Waals surface area contributed by atoms with Crippen molar-refractivity contribution in [1.82, 2.24) is 9.97 Å². The van der Waals surface area contributed by atoms with Crippen LogP contribution in [0.3, 0.4) is 0 Å². The molecule has 3 N–H and O–H groups in total. The van der Waals surface area contributed by atoms with Crippen LogP contribution in [0.25, 0.3) is 0 Å². The van der Waals surface area contributed by atoms with Gasteiger partial charge in [-0.25, -0.2) is 10.8 Å². The lowest BCUT2D eigenvalue weighted by Crippen LogP contribution is -2.11. The number of ether oxygens (including phenoxy) is 1. The van der Waals surface area contributed by atoms with Gasteiger partial charge in [0.25, 0.3) is 0 Å². The molecule has 1 heterocycles. The number of aromatic nitrogens is 2. The molecule has 0 aliphatic rings. The van der Waals surface area contributed by atoms with Gasteiger partial charge in [-0.3, -0.25) is 5.43 Å². The van der Waals surface area contributed by atoms with Crippen molar-refractivity contribution in [2.24, 2.45) is 5.84 Å². The van der Waals surface area contributed by atoms with Crippen LogP contribution in [-0.2, 0) is 0 Å². The maximum atomic E-state index is 5.47. The first-order chi connectivity index (χ1) is 6.77. The number of hydrazine groups is 1. The third-order valence-corrected chi connectivity index (χ3v) is 1.79. The molecule has 5 nitrogen and oxygen atoms in total. The number of aryl methyl sites for hydroxylation is 1. The van der Waals surface area contributed by atoms with Gasteiger partial charge >= 0.3 is 0 Å². The lowest BCUT2D eigenvalue weighted by atomic mass is 10.3. The molecule has 0 aliphatic heterocycles. The average Bonchev–Trinajstić information content (AvgIpc) is 2.21. The lowest BCUT2D eigenvalue weighted by Gasteiger charge is -2.07. The fourth-order valence-corrected chi connectivity index (χ4v) is 0.955. The summed E-state index contributed by atoms with van der Waals surface area (Å²) >= 11 is 0. The molecule has 5 heteroatoms. The molecule has 0 unspecified atom stereocenters. The first-order valence-electron chi connectivity index (χ1n) is 4.71. The molecule has 78 valence electrons. The minimum Gasteiger partial charge on any atom is -0.477 e. The molecule has 0 aromatic carbocycles. The fourth-order valence-electron chi connectivity index (χ4n) is 0.955. The second-order valence-corrected chi connectivity index (χ2v) is 3.03. The molecular weight excluding hydrogens is 180 g/mol. The van der Waals surface area contributed by atoms with Crippen LogP contribution in [-0.4, -0.2) is 16.6 Å². The standard InChI is InChI=1S/C9H16N4O/c1-3-4-5-14-8-7(2)6-11-9(12-8)13-10/h6H,3-5,10H2,1-2H3,(H,11,12,13). The molecule has 0 amide bonds. The highest BCUT2D eigenvalue weighted by atomic mass is 16.5. The minimum absolute atomic E-state index is 0.377. The third kappa shape index (κ3) is 2.85. The quantitative estimate of drug-likeness (QED) is 0.421. The number of nitrogens with two attached hydrogens (primary N) is 1. The lowest BCUT2D eigenvalue weighted by molar-refractivity contribution is 0.295. The van der Waals surface area contributed by atoms with E-state index in [1.54, 1.807) is 6.20 Å². The molecule has 0 saturated carbocycles. The number of hydrogen-bond donors (Lipinski definition) is 2. The average molecular weight is 196 g/mol. The Morgan fingerprint density at radius 1 is 1.57 bits per heavy atom. The van der Waals surface area contributed by atoms with Crippen molar-refractivity contribution in [3.05, 3.63) is 11.8 Å². The predicted octanol–water partition coefficient (Wildman–Crippen LogP) is 1.25. The van der Waals surface area contributed by atoms with Gasteiger partial charge in [0.05, 0.1) is 6.61 Å². The SMILES string of the molecule is CCCCOc1nc(NN)ncc1C. The maximum Gasteiger partial charge on any atom is 0.240 e. The molecule has 1 aromatic rings. The van der Waals surface area contributed by atoms with E-state index in [2.05, 4.69) is 22.3 Å². The van der Waals surface area contributed by atoms with Crippen LogP contribution in [0.2, 0.25) is 0 Å². The topological polar surface area (TPSA) is 73.1 Å². The molecular formula is C9H16N4O. The Morgan fingerprint density at radius 3 is 3.00 bits per heavy atom. The van der Waals surface area contributed by atoms with Gasteiger partial charge in [0.2, 0.25) is 11.8 Å². The van der Waals surface area contributed by atoms with Gasteiger partial charge in [-0.2, -0.15) is 4.98 Å². The summed E-state index contributed by atoms with van der Waals surface area (Å²) in [7, 11) is 0. The predicted molar refractivity (Wildman–Crippen MR) is 55.0 cm³/mol. The molecule has 0 atom stereocenters. The van der Waals surface area contributed by atoms with Gasteiger partial charge in [0, 0.05) is 11.8 Å². The van der Waals surface area contributed by atoms with Crippen LogP contribution in [0, 0.1) is 6.92 Å². The molecule has 0 saturated heterocycles. The summed E-state index contributed by atoms with van der Waals surface area (Å²) in [6, 6.07) is 0. The van der Waals surface area contributed by atoms with Gasteiger partial charge in [0.1, 0.15) is 0 Å². The Bertz CT molecular complexity index is 290. The number of hydrogen-bond acceptors (Lipinski definition) is 5. The summed E-state index contributed by atoms with van der Waals surface area (Å²) in [5.74, 6) is 6.17. The molecule has 0 radical (unpaired) electrons. The van der Waals surface area contributed by atoms with E-state index >= 15 is 0 Å². The van der Waals surface area contributed by atoms with E-state index in [0.717, 1.165) is 18.4 Å². The van der Waals surface area contributed by atoms with Gasteiger partial charge in [-0.15, -0.1) is 0 Å². The van der Waals surface area contributed by atoms with Crippen LogP contribution in [0.15, 0.2) is 6.20 Å². The van der Waals surface area contributed by atoms with Crippen molar-refractivity contribution in [3.63, 3.8) is 0 Å². The summed E-state index contributed by atoms with van der Waals surface area (Å²) < 4.78 is 5.47. The van der Waals surface area contributed by atoms with Crippen molar-refractivity contribution in [2.45, 2.75) is 26.7 Å². The first-order valence-corrected chi connectivity index (χ1v) is 4.71. The zero-order valence-corrected chi connectivity index (χ0v) is 8.58. The van der Waals surface area contributed by atoms with E-state index in [-0.39, 0.29) is 0 Å². The van der Waals surface area contributed by atoms with E-state index in [1.165, 1.54) is 0 Å². The molecule has 14 heavy (non-hydrogen) atoms. The number of nitrogen functional groups attached to an aromatic ring is 1. The summed E-state index contributed by atoms with van der Waals surface area (Å²) in [6.07, 6.45) is 3.81. The maximum absolute atomic E-state index is 5.47. The van der Waals surface area contributed by atoms with E-state index in [4.69, 9.17) is 10.6 Å². The number of unbranched alkanes of at least 4 members (excludes halogenated alkanes) is 1. The van der Waals surface area contributed by atoms with Gasteiger partial charge in [0.15, 0.2) is 0 Å². The third-order valence-electron chi connectivity index (χ3n) is 1.79. The number of anilines is 1. The molecule has 1 rings (SSSR count). The second-order valence-electron chi connectivity index (χ2n) is 3.03. The van der Waals surface area contributed by atoms with E-state index in [0.29, 0.717) is 18.4 Å². The van der Waals surface area contributed by atoms with Crippen LogP contribution in [0.5, 0.6) is 5.88 Å². The molecule has 0 spiro atoms. The van der Waals surface area contributed by atoms with Crippen molar-refractivity contribution >= 4 is 5.95 Å². The summed E-state index contributed by atoms with van der Waals surface area (Å²) in [5, 5.41) is 0. The molecule has 0 aliphatic carbocycles. The van der Waals surface area contributed by atoms with Crippen molar-refractivity contribution in [2.75, 3.05) is 12.0 Å². The largest absolute Gasteiger partial charge is 0.477 e. The van der Waals surface area contributed by atoms with E-state index < -0.39 is 0 Å². The smallest absolute Gasteiger partial charge is 0.240 e. The Balaban J connectivity index is 2.64. The second kappa shape index (κ2) is 5.39. The van der Waals surface area contributed by atoms with Gasteiger partial charge < -0.3 is 4.74 Å². The van der Waals surface area contributed by atoms with Crippen molar-refractivity contribution < 1.29 is 4.74 Å². The molecule has 0 bridgehead atoms. The summed E-state index contributed by atoms with van der Waals surface area (Å²) in [5.41, 5.74) is 3.30. The highest BCUT2D eigenvalue weighted by Crippen LogP contribution is 2.14. The highest BCUT2D eigenvalue weighted by molar-refractivity contribution is 5.31. The fraction of sp³-hybridized carbons (Fsp3) is 0.556. The minimum atomic E-state index is 0.377. The Kier molecular flexibility index (Phi) is 4.12. The molecule has 0 fully saturated rings. The zero-order chi connectivity index (χ0) is 10.4. The summed E-state index contributed by atoms with van der Waals surface area (Å²) in [6.45, 7) is 4.70. The number of nitrogens with zero attached hydrogens (tertiary/aromatic N) is 2. The Labute approximate surface area is 83.7 Å². The Morgan fingerprint density at radius 2 is 2.36 bits per heavy atom. The van der Waals surface area contributed by atoms with E-state index in [1.807, 2.05) is 6.92 Å². The first kappa shape index (κ1) is 10.7. The van der Waals surface area contributed by atoms with E-state index in [9.17, 15) is 0 Å². The summed E-state index contributed by atoms with van der Waals surface area (Å²) in [4.78, 5) is 8.05. The monoisotopic (exact) mass is 196 g/mol. The van der Waals surface area contributed by atoms with Gasteiger partial charge in [-0.1, -0.05) is 13.3 Å². The van der Waals surface area contributed by atoms with Crippen LogP contribution < -0.4 is 16.0 Å². The highest BCUT2D eigenvalue weighted by Gasteiger charge is 2.03. The Hall–Kier alpha value is -1.36.